The summed E-state index contributed by atoms with van der Waals surface area (Å²) < 4.78 is 0. The second-order valence-corrected chi connectivity index (χ2v) is 5.94. The Balaban J connectivity index is 2.22. The monoisotopic (exact) mass is 355 g/mol. The van der Waals surface area contributed by atoms with Crippen molar-refractivity contribution in [1.82, 2.24) is 9.80 Å². The van der Waals surface area contributed by atoms with Gasteiger partial charge in [0, 0.05) is 51.9 Å². The van der Waals surface area contributed by atoms with Gasteiger partial charge < -0.3 is 15.5 Å². The Hall–Kier alpha value is -3.34. The Bertz CT molecular complexity index is 788. The molecule has 2 rings (SSSR count). The zero-order valence-electron chi connectivity index (χ0n) is 14.8. The largest absolute Gasteiger partial charge is 0.399 e. The summed E-state index contributed by atoms with van der Waals surface area (Å²) in [4.78, 5) is 40.4. The number of nitrogens with two attached hydrogens (primary N) is 1. The van der Waals surface area contributed by atoms with Gasteiger partial charge in [-0.15, -0.1) is 0 Å². The van der Waals surface area contributed by atoms with Gasteiger partial charge in [-0.3, -0.25) is 19.3 Å². The lowest BCUT2D eigenvalue weighted by atomic mass is 10.2. The molecule has 1 saturated heterocycles. The van der Waals surface area contributed by atoms with Crippen LogP contribution in [0.1, 0.15) is 13.8 Å². The fraction of sp³-hybridized carbons (Fsp3) is 0.333. The molecule has 1 aliphatic rings. The summed E-state index contributed by atoms with van der Waals surface area (Å²) in [5.74, 6) is -0.860. The molecule has 0 atom stereocenters. The van der Waals surface area contributed by atoms with E-state index in [4.69, 9.17) is 5.73 Å². The molecule has 1 aromatic carbocycles. The molecule has 1 aromatic rings. The number of nitriles is 1. The molecule has 0 unspecified atom stereocenters. The van der Waals surface area contributed by atoms with E-state index in [0.717, 1.165) is 0 Å². The Kier molecular flexibility index (Phi) is 5.96. The van der Waals surface area contributed by atoms with E-state index in [1.54, 1.807) is 29.2 Å². The topological polar surface area (TPSA) is 111 Å². The van der Waals surface area contributed by atoms with Crippen molar-refractivity contribution in [3.63, 3.8) is 0 Å². The van der Waals surface area contributed by atoms with Gasteiger partial charge in [0.2, 0.25) is 11.8 Å². The Morgan fingerprint density at radius 2 is 1.77 bits per heavy atom. The first-order valence-corrected chi connectivity index (χ1v) is 8.15. The van der Waals surface area contributed by atoms with Crippen molar-refractivity contribution >= 4 is 29.1 Å². The molecule has 0 aromatic heterocycles. The highest BCUT2D eigenvalue weighted by Crippen LogP contribution is 2.19. The van der Waals surface area contributed by atoms with Crippen LogP contribution in [0, 0.1) is 11.3 Å². The van der Waals surface area contributed by atoms with Crippen LogP contribution in [0.3, 0.4) is 0 Å². The fourth-order valence-corrected chi connectivity index (χ4v) is 2.68. The maximum atomic E-state index is 12.6. The van der Waals surface area contributed by atoms with Gasteiger partial charge in [-0.25, -0.2) is 0 Å². The summed E-state index contributed by atoms with van der Waals surface area (Å²) in [6, 6.07) is 8.48. The van der Waals surface area contributed by atoms with E-state index < -0.39 is 5.91 Å². The van der Waals surface area contributed by atoms with Crippen LogP contribution in [0.5, 0.6) is 0 Å². The summed E-state index contributed by atoms with van der Waals surface area (Å²) in [6.07, 6.45) is 1.23. The first kappa shape index (κ1) is 19.0. The van der Waals surface area contributed by atoms with Gasteiger partial charge in [0.1, 0.15) is 11.6 Å². The van der Waals surface area contributed by atoms with Crippen molar-refractivity contribution in [2.45, 2.75) is 13.8 Å². The highest BCUT2D eigenvalue weighted by atomic mass is 16.2. The van der Waals surface area contributed by atoms with Gasteiger partial charge in [-0.05, 0) is 18.2 Å². The number of carbonyl (C=O) groups excluding carboxylic acids is 3. The molecular weight excluding hydrogens is 334 g/mol. The maximum absolute atomic E-state index is 12.6. The van der Waals surface area contributed by atoms with Crippen molar-refractivity contribution in [2.24, 2.45) is 0 Å². The summed E-state index contributed by atoms with van der Waals surface area (Å²) in [7, 11) is 0. The number of benzene rings is 1. The molecule has 3 amide bonds. The predicted octanol–water partition coefficient (Wildman–Crippen LogP) is 0.720. The van der Waals surface area contributed by atoms with E-state index in [0.29, 0.717) is 37.6 Å². The minimum absolute atomic E-state index is 0.0439. The minimum atomic E-state index is -0.467. The molecule has 26 heavy (non-hydrogen) atoms. The summed E-state index contributed by atoms with van der Waals surface area (Å²) >= 11 is 0. The van der Waals surface area contributed by atoms with E-state index in [9.17, 15) is 19.6 Å². The van der Waals surface area contributed by atoms with E-state index in [2.05, 4.69) is 0 Å². The standard InChI is InChI=1S/C18H21N5O3/c1-13(24)21-6-8-22(9-7-21)18(26)15(11-19)12-23(14(2)25)17-5-3-4-16(20)10-17/h3-5,10,12H,6-9,20H2,1-2H3/b15-12-. The molecule has 1 fully saturated rings. The highest BCUT2D eigenvalue weighted by Gasteiger charge is 2.25. The van der Waals surface area contributed by atoms with Gasteiger partial charge in [-0.2, -0.15) is 5.26 Å². The van der Waals surface area contributed by atoms with Crippen molar-refractivity contribution in [2.75, 3.05) is 36.8 Å². The number of nitrogens with zero attached hydrogens (tertiary/aromatic N) is 4. The molecule has 0 spiro atoms. The summed E-state index contributed by atoms with van der Waals surface area (Å²) in [5.41, 5.74) is 6.53. The van der Waals surface area contributed by atoms with Crippen molar-refractivity contribution in [3.8, 4) is 6.07 Å². The molecule has 0 bridgehead atoms. The number of hydrogen-bond acceptors (Lipinski definition) is 5. The number of carbonyl (C=O) groups is 3. The molecule has 8 heteroatoms. The fourth-order valence-electron chi connectivity index (χ4n) is 2.68. The third-order valence-corrected chi connectivity index (χ3v) is 4.11. The number of anilines is 2. The molecule has 1 heterocycles. The summed E-state index contributed by atoms with van der Waals surface area (Å²) in [5, 5.41) is 9.41. The van der Waals surface area contributed by atoms with E-state index in [1.807, 2.05) is 6.07 Å². The number of piperazine rings is 1. The number of amides is 3. The SMILES string of the molecule is CC(=O)N1CCN(C(=O)/C(C#N)=C\N(C(C)=O)c2cccc(N)c2)CC1. The van der Waals surface area contributed by atoms with Crippen LogP contribution in [0.25, 0.3) is 0 Å². The van der Waals surface area contributed by atoms with Crippen LogP contribution in [-0.4, -0.2) is 53.7 Å². The van der Waals surface area contributed by atoms with Gasteiger partial charge in [-0.1, -0.05) is 6.07 Å². The van der Waals surface area contributed by atoms with Crippen molar-refractivity contribution in [3.05, 3.63) is 36.0 Å². The molecular formula is C18H21N5O3. The zero-order valence-corrected chi connectivity index (χ0v) is 14.8. The number of hydrogen-bond donors (Lipinski definition) is 1. The second kappa shape index (κ2) is 8.16. The molecule has 0 saturated carbocycles. The van der Waals surface area contributed by atoms with E-state index in [-0.39, 0.29) is 17.4 Å². The van der Waals surface area contributed by atoms with Crippen LogP contribution >= 0.6 is 0 Å². The average molecular weight is 355 g/mol. The van der Waals surface area contributed by atoms with Crippen molar-refractivity contribution < 1.29 is 14.4 Å². The van der Waals surface area contributed by atoms with Crippen molar-refractivity contribution in [1.29, 1.82) is 5.26 Å². The molecule has 2 N–H and O–H groups in total. The van der Waals surface area contributed by atoms with E-state index >= 15 is 0 Å². The predicted molar refractivity (Wildman–Crippen MR) is 96.5 cm³/mol. The van der Waals surface area contributed by atoms with Crippen LogP contribution in [0.4, 0.5) is 11.4 Å². The smallest absolute Gasteiger partial charge is 0.266 e. The number of rotatable bonds is 3. The van der Waals surface area contributed by atoms with Gasteiger partial charge >= 0.3 is 0 Å². The summed E-state index contributed by atoms with van der Waals surface area (Å²) in [6.45, 7) is 4.35. The van der Waals surface area contributed by atoms with Crippen LogP contribution in [0.2, 0.25) is 0 Å². The molecule has 0 aliphatic carbocycles. The molecule has 0 radical (unpaired) electrons. The Morgan fingerprint density at radius 1 is 1.15 bits per heavy atom. The van der Waals surface area contributed by atoms with Crippen LogP contribution < -0.4 is 10.6 Å². The first-order chi connectivity index (χ1) is 12.3. The minimum Gasteiger partial charge on any atom is -0.399 e. The highest BCUT2D eigenvalue weighted by molar-refractivity contribution is 6.01. The molecule has 1 aliphatic heterocycles. The lowest BCUT2D eigenvalue weighted by Crippen LogP contribution is -2.50. The zero-order chi connectivity index (χ0) is 19.3. The quantitative estimate of drug-likeness (QED) is 0.488. The third kappa shape index (κ3) is 4.39. The maximum Gasteiger partial charge on any atom is 0.266 e. The lowest BCUT2D eigenvalue weighted by molar-refractivity contribution is -0.136. The second-order valence-electron chi connectivity index (χ2n) is 5.94. The van der Waals surface area contributed by atoms with E-state index in [1.165, 1.54) is 29.8 Å². The Labute approximate surface area is 152 Å². The lowest BCUT2D eigenvalue weighted by Gasteiger charge is -2.34. The molecule has 136 valence electrons. The van der Waals surface area contributed by atoms with Crippen LogP contribution in [-0.2, 0) is 14.4 Å². The van der Waals surface area contributed by atoms with Gasteiger partial charge in [0.05, 0.1) is 5.69 Å². The van der Waals surface area contributed by atoms with Gasteiger partial charge in [0.25, 0.3) is 5.91 Å². The average Bonchev–Trinajstić information content (AvgIpc) is 2.62. The van der Waals surface area contributed by atoms with Crippen LogP contribution in [0.15, 0.2) is 36.0 Å². The normalized spacial score (nSPS) is 14.6. The van der Waals surface area contributed by atoms with Gasteiger partial charge in [0.15, 0.2) is 0 Å². The molecule has 8 nitrogen and oxygen atoms in total. The number of nitrogen functional groups attached to an aromatic ring is 1. The third-order valence-electron chi connectivity index (χ3n) is 4.11. The first-order valence-electron chi connectivity index (χ1n) is 8.15. The Morgan fingerprint density at radius 3 is 2.27 bits per heavy atom.